The molecule has 184 valence electrons. The van der Waals surface area contributed by atoms with Crippen LogP contribution in [0.5, 0.6) is 0 Å². The average Bonchev–Trinajstić information content (AvgIpc) is 3.11. The van der Waals surface area contributed by atoms with Crippen molar-refractivity contribution in [3.63, 3.8) is 0 Å². The Morgan fingerprint density at radius 2 is 1.82 bits per heavy atom. The largest absolute Gasteiger partial charge is 0.370 e. The van der Waals surface area contributed by atoms with E-state index in [1.807, 2.05) is 13.8 Å². The van der Waals surface area contributed by atoms with Gasteiger partial charge in [-0.15, -0.1) is 0 Å². The van der Waals surface area contributed by atoms with E-state index >= 15 is 0 Å². The summed E-state index contributed by atoms with van der Waals surface area (Å²) in [7, 11) is -3.97. The molecule has 0 radical (unpaired) electrons. The number of hydrogen-bond acceptors (Lipinski definition) is 5. The third-order valence-electron chi connectivity index (χ3n) is 5.95. The highest BCUT2D eigenvalue weighted by molar-refractivity contribution is 7.89. The van der Waals surface area contributed by atoms with E-state index in [1.165, 1.54) is 21.9 Å². The lowest BCUT2D eigenvalue weighted by atomic mass is 10.1. The molecular weight excluding hydrogens is 480 g/mol. The first kappa shape index (κ1) is 25.9. The van der Waals surface area contributed by atoms with Crippen LogP contribution in [0, 0.1) is 0 Å². The van der Waals surface area contributed by atoms with Gasteiger partial charge in [-0.25, -0.2) is 8.42 Å². The Kier molecular flexibility index (Phi) is 7.84. The van der Waals surface area contributed by atoms with Gasteiger partial charge in [0.2, 0.25) is 27.7 Å². The summed E-state index contributed by atoms with van der Waals surface area (Å²) in [5, 5.41) is 2.05. The van der Waals surface area contributed by atoms with Crippen molar-refractivity contribution in [2.75, 3.05) is 13.1 Å². The maximum absolute atomic E-state index is 13.0. The molecule has 0 spiro atoms. The highest BCUT2D eigenvalue weighted by Gasteiger charge is 2.40. The van der Waals surface area contributed by atoms with Gasteiger partial charge in [0.15, 0.2) is 0 Å². The fraction of sp³-hybridized carbons (Fsp3) is 0.435. The zero-order chi connectivity index (χ0) is 25.2. The first-order valence-electron chi connectivity index (χ1n) is 11.0. The van der Waals surface area contributed by atoms with E-state index in [-0.39, 0.29) is 42.8 Å². The van der Waals surface area contributed by atoms with Crippen LogP contribution in [0.15, 0.2) is 41.3 Å². The monoisotopic (exact) mass is 508 g/mol. The zero-order valence-electron chi connectivity index (χ0n) is 19.3. The molecule has 2 atom stereocenters. The molecule has 9 nitrogen and oxygen atoms in total. The second-order valence-corrected chi connectivity index (χ2v) is 10.8. The van der Waals surface area contributed by atoms with Crippen molar-refractivity contribution < 1.29 is 22.8 Å². The number of fused-ring (bicyclic) bond motifs is 1. The number of hydrogen-bond donors (Lipinski definition) is 2. The summed E-state index contributed by atoms with van der Waals surface area (Å²) < 4.78 is 28.4. The van der Waals surface area contributed by atoms with Gasteiger partial charge in [0.1, 0.15) is 12.1 Å². The summed E-state index contributed by atoms with van der Waals surface area (Å²) in [5.74, 6) is -1.30. The predicted molar refractivity (Wildman–Crippen MR) is 130 cm³/mol. The van der Waals surface area contributed by atoms with Crippen LogP contribution in [-0.2, 0) is 24.4 Å². The van der Waals surface area contributed by atoms with Gasteiger partial charge in [-0.2, -0.15) is 4.72 Å². The summed E-state index contributed by atoms with van der Waals surface area (Å²) in [6.45, 7) is 5.61. The van der Waals surface area contributed by atoms with Gasteiger partial charge < -0.3 is 15.5 Å². The highest BCUT2D eigenvalue weighted by atomic mass is 35.5. The molecule has 0 aliphatic carbocycles. The molecule has 34 heavy (non-hydrogen) atoms. The fourth-order valence-corrected chi connectivity index (χ4v) is 5.48. The first-order valence-corrected chi connectivity index (χ1v) is 12.9. The van der Waals surface area contributed by atoms with Crippen molar-refractivity contribution in [3.05, 3.63) is 41.4 Å². The van der Waals surface area contributed by atoms with Gasteiger partial charge in [0.05, 0.1) is 4.90 Å². The van der Waals surface area contributed by atoms with Crippen LogP contribution in [-0.4, -0.2) is 67.2 Å². The lowest BCUT2D eigenvalue weighted by Gasteiger charge is -2.33. The van der Waals surface area contributed by atoms with Crippen LogP contribution < -0.4 is 10.5 Å². The minimum atomic E-state index is -3.97. The van der Waals surface area contributed by atoms with E-state index in [2.05, 4.69) is 4.72 Å². The van der Waals surface area contributed by atoms with Gasteiger partial charge in [0, 0.05) is 30.6 Å². The molecule has 1 fully saturated rings. The molecule has 3 N–H and O–H groups in total. The maximum atomic E-state index is 13.0. The molecule has 2 aromatic carbocycles. The normalized spacial score (nSPS) is 17.4. The molecule has 0 saturated carbocycles. The van der Waals surface area contributed by atoms with Crippen LogP contribution >= 0.6 is 11.6 Å². The predicted octanol–water partition coefficient (Wildman–Crippen LogP) is 1.87. The molecule has 11 heteroatoms. The van der Waals surface area contributed by atoms with Crippen LogP contribution in [0.4, 0.5) is 0 Å². The Bertz CT molecular complexity index is 1220. The summed E-state index contributed by atoms with van der Waals surface area (Å²) in [6.07, 6.45) is 0.257. The smallest absolute Gasteiger partial charge is 0.245 e. The Morgan fingerprint density at radius 3 is 2.47 bits per heavy atom. The van der Waals surface area contributed by atoms with E-state index in [0.29, 0.717) is 10.4 Å². The van der Waals surface area contributed by atoms with E-state index < -0.39 is 33.9 Å². The minimum Gasteiger partial charge on any atom is -0.370 e. The van der Waals surface area contributed by atoms with E-state index in [1.54, 1.807) is 31.2 Å². The number of nitrogens with zero attached hydrogens (tertiary/aromatic N) is 2. The molecular formula is C23H29ClN4O5S. The van der Waals surface area contributed by atoms with Crippen LogP contribution in [0.25, 0.3) is 10.8 Å². The molecule has 1 aliphatic heterocycles. The zero-order valence-corrected chi connectivity index (χ0v) is 20.9. The summed E-state index contributed by atoms with van der Waals surface area (Å²) in [6, 6.07) is 7.82. The number of sulfonamides is 1. The number of halogens is 1. The molecule has 3 amide bonds. The molecule has 1 aliphatic rings. The van der Waals surface area contributed by atoms with Crippen molar-refractivity contribution in [2.24, 2.45) is 5.73 Å². The van der Waals surface area contributed by atoms with Gasteiger partial charge in [-0.3, -0.25) is 14.4 Å². The van der Waals surface area contributed by atoms with Crippen LogP contribution in [0.2, 0.25) is 5.02 Å². The highest BCUT2D eigenvalue weighted by Crippen LogP contribution is 2.24. The molecule has 0 aromatic heterocycles. The number of carbonyl (C=O) groups excluding carboxylic acids is 3. The van der Waals surface area contributed by atoms with E-state index in [0.717, 1.165) is 5.39 Å². The fourth-order valence-electron chi connectivity index (χ4n) is 4.04. The van der Waals surface area contributed by atoms with E-state index in [4.69, 9.17) is 17.3 Å². The Balaban J connectivity index is 1.72. The average molecular weight is 509 g/mol. The quantitative estimate of drug-likeness (QED) is 0.534. The van der Waals surface area contributed by atoms with E-state index in [9.17, 15) is 22.8 Å². The molecule has 1 saturated heterocycles. The SMILES string of the molecule is CC(C)N(CCC(N)=O)C(=O)[C@H](C)N1CC[C@H](NS(=O)(=O)c2ccc3cc(Cl)ccc3c2)C1=O. The lowest BCUT2D eigenvalue weighted by Crippen LogP contribution is -2.52. The van der Waals surface area contributed by atoms with Crippen molar-refractivity contribution in [1.82, 2.24) is 14.5 Å². The molecule has 3 rings (SSSR count). The summed E-state index contributed by atoms with van der Waals surface area (Å²) >= 11 is 5.99. The Morgan fingerprint density at radius 1 is 1.18 bits per heavy atom. The number of amides is 3. The molecule has 1 heterocycles. The third-order valence-corrected chi connectivity index (χ3v) is 7.66. The molecule has 0 unspecified atom stereocenters. The van der Waals surface area contributed by atoms with Crippen molar-refractivity contribution in [1.29, 1.82) is 0 Å². The number of nitrogens with two attached hydrogens (primary N) is 1. The third kappa shape index (κ3) is 5.68. The van der Waals surface area contributed by atoms with Crippen molar-refractivity contribution >= 4 is 50.1 Å². The number of likely N-dealkylation sites (tertiary alicyclic amines) is 1. The summed E-state index contributed by atoms with van der Waals surface area (Å²) in [4.78, 5) is 40.1. The van der Waals surface area contributed by atoms with Crippen LogP contribution in [0.3, 0.4) is 0 Å². The lowest BCUT2D eigenvalue weighted by molar-refractivity contribution is -0.144. The van der Waals surface area contributed by atoms with Gasteiger partial charge in [-0.05, 0) is 62.2 Å². The standard InChI is InChI=1S/C23H29ClN4O5S/c1-14(2)27(11-9-21(25)29)22(30)15(3)28-10-8-20(23(28)31)26-34(32,33)19-7-5-16-12-18(24)6-4-17(16)13-19/h4-7,12-15,20,26H,8-11H2,1-3H3,(H2,25,29)/t15-,20-/m0/s1. The van der Waals surface area contributed by atoms with Crippen molar-refractivity contribution in [3.8, 4) is 0 Å². The first-order chi connectivity index (χ1) is 15.9. The Labute approximate surface area is 204 Å². The number of rotatable bonds is 9. The summed E-state index contributed by atoms with van der Waals surface area (Å²) in [5.41, 5.74) is 5.21. The molecule has 0 bridgehead atoms. The number of nitrogens with one attached hydrogen (secondary N) is 1. The van der Waals surface area contributed by atoms with Crippen LogP contribution in [0.1, 0.15) is 33.6 Å². The van der Waals surface area contributed by atoms with Gasteiger partial charge in [-0.1, -0.05) is 23.7 Å². The second kappa shape index (κ2) is 10.3. The van der Waals surface area contributed by atoms with Gasteiger partial charge >= 0.3 is 0 Å². The Hall–Kier alpha value is -2.69. The van der Waals surface area contributed by atoms with Gasteiger partial charge in [0.25, 0.3) is 0 Å². The van der Waals surface area contributed by atoms with Crippen molar-refractivity contribution in [2.45, 2.75) is 56.6 Å². The minimum absolute atomic E-state index is 0.0188. The maximum Gasteiger partial charge on any atom is 0.245 e. The molecule has 2 aromatic rings. The topological polar surface area (TPSA) is 130 Å². The number of benzene rings is 2. The number of carbonyl (C=O) groups is 3. The second-order valence-electron chi connectivity index (χ2n) is 8.67. The number of primary amides is 1.